The first-order valence-corrected chi connectivity index (χ1v) is 16.9. The van der Waals surface area contributed by atoms with E-state index in [0.29, 0.717) is 24.9 Å². The van der Waals surface area contributed by atoms with E-state index in [1.807, 2.05) is 0 Å². The van der Waals surface area contributed by atoms with Crippen LogP contribution < -0.4 is 0 Å². The molecule has 12 heteroatoms. The zero-order chi connectivity index (χ0) is 28.4. The Morgan fingerprint density at radius 1 is 0.676 bits per heavy atom. The van der Waals surface area contributed by atoms with Crippen LogP contribution in [0.3, 0.4) is 0 Å². The van der Waals surface area contributed by atoms with Crippen LogP contribution in [0.25, 0.3) is 0 Å². The lowest BCUT2D eigenvalue weighted by Crippen LogP contribution is -2.47. The van der Waals surface area contributed by atoms with Crippen LogP contribution in [0.1, 0.15) is 111 Å². The van der Waals surface area contributed by atoms with Gasteiger partial charge in [-0.3, -0.25) is 4.52 Å². The molecule has 0 bridgehead atoms. The number of hydrogen-bond acceptors (Lipinski definition) is 7. The van der Waals surface area contributed by atoms with Gasteiger partial charge in [-0.25, -0.2) is 9.13 Å². The molecule has 0 heterocycles. The molecule has 5 N–H and O–H groups in total. The predicted octanol–water partition coefficient (Wildman–Crippen LogP) is 5.95. The lowest BCUT2D eigenvalue weighted by Gasteiger charge is -2.37. The maximum absolute atomic E-state index is 12.0. The number of phosphoric ester groups is 1. The van der Waals surface area contributed by atoms with Gasteiger partial charge in [0.2, 0.25) is 0 Å². The van der Waals surface area contributed by atoms with E-state index in [9.17, 15) is 24.2 Å². The van der Waals surface area contributed by atoms with Gasteiger partial charge in [-0.05, 0) is 24.7 Å². The summed E-state index contributed by atoms with van der Waals surface area (Å²) in [6, 6.07) is 0. The average Bonchev–Trinajstić information content (AvgIpc) is 2.78. The largest absolute Gasteiger partial charge is 0.481 e. The number of aliphatic hydroxyl groups excluding tert-OH is 2. The van der Waals surface area contributed by atoms with Crippen molar-refractivity contribution in [2.24, 2.45) is 17.3 Å². The smallest absolute Gasteiger partial charge is 0.396 e. The predicted molar refractivity (Wildman–Crippen MR) is 145 cm³/mol. The van der Waals surface area contributed by atoms with E-state index in [1.54, 1.807) is 0 Å². The van der Waals surface area contributed by atoms with E-state index in [0.717, 1.165) is 51.4 Å². The minimum Gasteiger partial charge on any atom is -0.396 e. The fraction of sp³-hybridized carbons (Fsp3) is 1.00. The van der Waals surface area contributed by atoms with Crippen molar-refractivity contribution in [1.29, 1.82) is 0 Å². The number of phosphoric acid groups is 2. The Hall–Kier alpha value is 0.140. The minimum atomic E-state index is -5.28. The molecule has 2 atom stereocenters. The third-order valence-electron chi connectivity index (χ3n) is 6.53. The third-order valence-corrected chi connectivity index (χ3v) is 8.66. The molecule has 37 heavy (non-hydrogen) atoms. The summed E-state index contributed by atoms with van der Waals surface area (Å²) < 4.78 is 37.7. The fourth-order valence-electron chi connectivity index (χ4n) is 4.20. The summed E-state index contributed by atoms with van der Waals surface area (Å²) in [4.78, 5) is 27.4. The van der Waals surface area contributed by atoms with E-state index < -0.39 is 47.0 Å². The first-order chi connectivity index (χ1) is 17.3. The molecule has 2 unspecified atom stereocenters. The van der Waals surface area contributed by atoms with Gasteiger partial charge in [-0.1, -0.05) is 98.3 Å². The van der Waals surface area contributed by atoms with Gasteiger partial charge in [-0.15, -0.1) is 0 Å². The summed E-state index contributed by atoms with van der Waals surface area (Å²) in [5.41, 5.74) is -1.44. The topological polar surface area (TPSA) is 163 Å². The van der Waals surface area contributed by atoms with Crippen molar-refractivity contribution in [3.05, 3.63) is 0 Å². The van der Waals surface area contributed by atoms with Crippen LogP contribution in [0, 0.1) is 17.3 Å². The van der Waals surface area contributed by atoms with Crippen LogP contribution in [-0.2, 0) is 22.7 Å². The Kier molecular flexibility index (Phi) is 20.2. The molecule has 0 radical (unpaired) electrons. The van der Waals surface area contributed by atoms with Crippen molar-refractivity contribution in [3.63, 3.8) is 0 Å². The average molecular weight is 577 g/mol. The highest BCUT2D eigenvalue weighted by Crippen LogP contribution is 2.58. The van der Waals surface area contributed by atoms with Crippen molar-refractivity contribution in [3.8, 4) is 0 Å². The second kappa shape index (κ2) is 20.1. The van der Waals surface area contributed by atoms with Crippen molar-refractivity contribution >= 4 is 15.6 Å². The maximum Gasteiger partial charge on any atom is 0.481 e. The first kappa shape index (κ1) is 37.1. The second-order valence-electron chi connectivity index (χ2n) is 11.0. The third kappa shape index (κ3) is 19.8. The van der Waals surface area contributed by atoms with Gasteiger partial charge in [0.05, 0.1) is 31.3 Å². The fourth-order valence-corrected chi connectivity index (χ4v) is 5.88. The van der Waals surface area contributed by atoms with Gasteiger partial charge in [0, 0.05) is 6.61 Å². The van der Waals surface area contributed by atoms with Crippen LogP contribution in [-0.4, -0.2) is 57.4 Å². The molecule has 0 amide bonds. The van der Waals surface area contributed by atoms with Crippen molar-refractivity contribution in [2.45, 2.75) is 117 Å². The normalized spacial score (nSPS) is 15.4. The van der Waals surface area contributed by atoms with Crippen LogP contribution in [0.15, 0.2) is 0 Å². The highest BCUT2D eigenvalue weighted by Gasteiger charge is 2.43. The molecule has 10 nitrogen and oxygen atoms in total. The second-order valence-corrected chi connectivity index (χ2v) is 13.9. The minimum absolute atomic E-state index is 0.404. The molecule has 0 rings (SSSR count). The molecule has 0 aliphatic heterocycles. The molecule has 0 aromatic carbocycles. The molecular formula is C25H54O10P2. The molecule has 0 aliphatic rings. The lowest BCUT2D eigenvalue weighted by atomic mass is 9.81. The van der Waals surface area contributed by atoms with Crippen molar-refractivity contribution in [1.82, 2.24) is 0 Å². The molecule has 0 spiro atoms. The number of aliphatic hydroxyl groups is 2. The van der Waals surface area contributed by atoms with Gasteiger partial charge in [-0.2, -0.15) is 4.31 Å². The molecular weight excluding hydrogens is 522 g/mol. The van der Waals surface area contributed by atoms with Gasteiger partial charge >= 0.3 is 15.6 Å². The van der Waals surface area contributed by atoms with Crippen LogP contribution >= 0.6 is 15.6 Å². The standard InChI is InChI=1S/C25H54O10P2/c1-22(2)15-11-7-5-9-13-17-24(33-18-14-10-6-8-12-16-23(3)4)25(19-26,20-27)21-34-37(31,32)35-36(28,29)30/h22-24,26-27H,5-21H2,1-4H3,(H,31,32)(H2,28,29,30). The molecule has 0 fully saturated rings. The van der Waals surface area contributed by atoms with Crippen molar-refractivity contribution in [2.75, 3.05) is 26.4 Å². The van der Waals surface area contributed by atoms with E-state index in [-0.39, 0.29) is 0 Å². The summed E-state index contributed by atoms with van der Waals surface area (Å²) in [6.45, 7) is 7.37. The van der Waals surface area contributed by atoms with E-state index >= 15 is 0 Å². The van der Waals surface area contributed by atoms with Gasteiger partial charge in [0.25, 0.3) is 0 Å². The monoisotopic (exact) mass is 576 g/mol. The molecule has 0 saturated heterocycles. The molecule has 0 aromatic heterocycles. The SMILES string of the molecule is CC(C)CCCCCCCOC(CCCCCCCC(C)C)C(CO)(CO)COP(=O)(O)OP(=O)(O)O. The number of unbranched alkanes of at least 4 members (excludes halogenated alkanes) is 8. The Balaban J connectivity index is 5.01. The van der Waals surface area contributed by atoms with E-state index in [2.05, 4.69) is 32.0 Å². The quantitative estimate of drug-likeness (QED) is 0.0648. The summed E-state index contributed by atoms with van der Waals surface area (Å²) in [7, 11) is -10.4. The van der Waals surface area contributed by atoms with Crippen LogP contribution in [0.4, 0.5) is 0 Å². The van der Waals surface area contributed by atoms with Crippen molar-refractivity contribution < 1.29 is 47.6 Å². The lowest BCUT2D eigenvalue weighted by molar-refractivity contribution is -0.115. The summed E-state index contributed by atoms with van der Waals surface area (Å²) in [5.74, 6) is 1.38. The molecule has 0 aliphatic carbocycles. The first-order valence-electron chi connectivity index (χ1n) is 13.8. The number of hydrogen-bond donors (Lipinski definition) is 5. The maximum atomic E-state index is 12.0. The highest BCUT2D eigenvalue weighted by atomic mass is 31.3. The van der Waals surface area contributed by atoms with E-state index in [4.69, 9.17) is 19.0 Å². The van der Waals surface area contributed by atoms with Gasteiger partial charge in [0.1, 0.15) is 0 Å². The Labute approximate surface area is 224 Å². The Morgan fingerprint density at radius 2 is 1.11 bits per heavy atom. The zero-order valence-electron chi connectivity index (χ0n) is 23.4. The van der Waals surface area contributed by atoms with Crippen LogP contribution in [0.5, 0.6) is 0 Å². The number of ether oxygens (including phenoxy) is 1. The molecule has 0 saturated carbocycles. The highest BCUT2D eigenvalue weighted by molar-refractivity contribution is 7.60. The van der Waals surface area contributed by atoms with Gasteiger partial charge in [0.15, 0.2) is 0 Å². The van der Waals surface area contributed by atoms with Crippen LogP contribution in [0.2, 0.25) is 0 Å². The summed E-state index contributed by atoms with van der Waals surface area (Å²) in [5, 5.41) is 20.3. The van der Waals surface area contributed by atoms with Gasteiger partial charge < -0.3 is 29.6 Å². The zero-order valence-corrected chi connectivity index (χ0v) is 25.2. The van der Waals surface area contributed by atoms with E-state index in [1.165, 1.54) is 25.7 Å². The summed E-state index contributed by atoms with van der Waals surface area (Å²) >= 11 is 0. The Morgan fingerprint density at radius 3 is 1.54 bits per heavy atom. The summed E-state index contributed by atoms with van der Waals surface area (Å²) in [6.07, 6.45) is 12.6. The molecule has 224 valence electrons. The molecule has 0 aromatic rings. The Bertz CT molecular complexity index is 649. The number of rotatable bonds is 25.